The van der Waals surface area contributed by atoms with Gasteiger partial charge < -0.3 is 0 Å². The quantitative estimate of drug-likeness (QED) is 0.717. The number of aromatic nitrogens is 1. The van der Waals surface area contributed by atoms with Crippen LogP contribution in [0.3, 0.4) is 0 Å². The van der Waals surface area contributed by atoms with E-state index in [1.54, 1.807) is 30.5 Å². The highest BCUT2D eigenvalue weighted by Crippen LogP contribution is 2.21. The number of pyridine rings is 1. The number of benzene rings is 2. The Balaban J connectivity index is 1.98. The van der Waals surface area contributed by atoms with Crippen molar-refractivity contribution in [2.24, 2.45) is 0 Å². The molecule has 1 N–H and O–H groups in total. The van der Waals surface area contributed by atoms with Crippen LogP contribution < -0.4 is 5.43 Å². The highest BCUT2D eigenvalue weighted by molar-refractivity contribution is 6.06. The second kappa shape index (κ2) is 6.96. The van der Waals surface area contributed by atoms with Gasteiger partial charge in [0.25, 0.3) is 11.8 Å². The van der Waals surface area contributed by atoms with Crippen LogP contribution in [0.25, 0.3) is 10.8 Å². The van der Waals surface area contributed by atoms with Gasteiger partial charge in [-0.15, -0.1) is 0 Å². The SMILES string of the molecule is CC(C)(C)N(NC(=O)c1ccccc1)C(=O)c1nccc2ccccc12. The smallest absolute Gasteiger partial charge is 0.267 e. The maximum absolute atomic E-state index is 13.2. The van der Waals surface area contributed by atoms with Crippen molar-refractivity contribution in [1.29, 1.82) is 0 Å². The lowest BCUT2D eigenvalue weighted by molar-refractivity contribution is 0.0355. The third-order valence-electron chi connectivity index (χ3n) is 4.00. The van der Waals surface area contributed by atoms with E-state index in [1.807, 2.05) is 57.2 Å². The van der Waals surface area contributed by atoms with E-state index in [0.29, 0.717) is 11.3 Å². The number of hydrogen-bond donors (Lipinski definition) is 1. The molecule has 0 radical (unpaired) electrons. The van der Waals surface area contributed by atoms with Gasteiger partial charge in [0.05, 0.1) is 5.54 Å². The number of nitrogens with one attached hydrogen (secondary N) is 1. The van der Waals surface area contributed by atoms with Crippen molar-refractivity contribution in [3.05, 3.63) is 78.1 Å². The molecule has 0 aliphatic rings. The Labute approximate surface area is 152 Å². The van der Waals surface area contributed by atoms with Gasteiger partial charge in [-0.25, -0.2) is 5.01 Å². The Kier molecular flexibility index (Phi) is 4.71. The van der Waals surface area contributed by atoms with Crippen molar-refractivity contribution in [2.45, 2.75) is 26.3 Å². The van der Waals surface area contributed by atoms with Gasteiger partial charge in [-0.3, -0.25) is 20.0 Å². The van der Waals surface area contributed by atoms with Crippen LogP contribution in [0.1, 0.15) is 41.6 Å². The lowest BCUT2D eigenvalue weighted by Gasteiger charge is -2.35. The van der Waals surface area contributed by atoms with Gasteiger partial charge in [0.15, 0.2) is 0 Å². The lowest BCUT2D eigenvalue weighted by atomic mass is 10.1. The van der Waals surface area contributed by atoms with Gasteiger partial charge in [0.2, 0.25) is 0 Å². The Morgan fingerprint density at radius 1 is 0.923 bits per heavy atom. The van der Waals surface area contributed by atoms with E-state index in [9.17, 15) is 9.59 Å². The summed E-state index contributed by atoms with van der Waals surface area (Å²) in [6.45, 7) is 5.59. The molecule has 1 aromatic heterocycles. The summed E-state index contributed by atoms with van der Waals surface area (Å²) in [6.07, 6.45) is 1.61. The van der Waals surface area contributed by atoms with Gasteiger partial charge in [-0.1, -0.05) is 42.5 Å². The second-order valence-corrected chi connectivity index (χ2v) is 7.00. The van der Waals surface area contributed by atoms with Crippen LogP contribution in [0, 0.1) is 0 Å². The fraction of sp³-hybridized carbons (Fsp3) is 0.190. The molecule has 0 saturated carbocycles. The first-order valence-corrected chi connectivity index (χ1v) is 8.42. The number of nitrogens with zero attached hydrogens (tertiary/aromatic N) is 2. The first-order valence-electron chi connectivity index (χ1n) is 8.42. The molecule has 2 amide bonds. The van der Waals surface area contributed by atoms with Gasteiger partial charge in [-0.2, -0.15) is 0 Å². The molecule has 5 nitrogen and oxygen atoms in total. The van der Waals surface area contributed by atoms with Gasteiger partial charge in [0, 0.05) is 17.1 Å². The minimum atomic E-state index is -0.625. The predicted octanol–water partition coefficient (Wildman–Crippen LogP) is 3.82. The Morgan fingerprint density at radius 3 is 2.27 bits per heavy atom. The van der Waals surface area contributed by atoms with Gasteiger partial charge in [-0.05, 0) is 44.4 Å². The molecular weight excluding hydrogens is 326 g/mol. The molecule has 0 atom stereocenters. The summed E-state index contributed by atoms with van der Waals surface area (Å²) < 4.78 is 0. The van der Waals surface area contributed by atoms with E-state index in [1.165, 1.54) is 5.01 Å². The van der Waals surface area contributed by atoms with E-state index in [-0.39, 0.29) is 11.8 Å². The summed E-state index contributed by atoms with van der Waals surface area (Å²) in [5, 5.41) is 3.02. The third-order valence-corrected chi connectivity index (χ3v) is 4.00. The van der Waals surface area contributed by atoms with E-state index in [0.717, 1.165) is 10.8 Å². The van der Waals surface area contributed by atoms with Crippen molar-refractivity contribution in [3.63, 3.8) is 0 Å². The second-order valence-electron chi connectivity index (χ2n) is 7.00. The summed E-state index contributed by atoms with van der Waals surface area (Å²) in [5.41, 5.74) is 2.91. The number of rotatable bonds is 2. The largest absolute Gasteiger partial charge is 0.292 e. The molecule has 0 fully saturated rings. The van der Waals surface area contributed by atoms with Crippen LogP contribution in [0.2, 0.25) is 0 Å². The average molecular weight is 347 g/mol. The standard InChI is InChI=1S/C21H21N3O2/c1-21(2,3)24(23-19(25)16-10-5-4-6-11-16)20(26)18-17-12-8-7-9-15(17)13-14-22-18/h4-14H,1-3H3,(H,23,25). The molecule has 3 aromatic rings. The molecule has 0 bridgehead atoms. The van der Waals surface area contributed by atoms with Crippen LogP contribution >= 0.6 is 0 Å². The zero-order valence-corrected chi connectivity index (χ0v) is 15.1. The minimum absolute atomic E-state index is 0.311. The van der Waals surface area contributed by atoms with E-state index < -0.39 is 5.54 Å². The molecule has 0 spiro atoms. The zero-order valence-electron chi connectivity index (χ0n) is 15.1. The van der Waals surface area contributed by atoms with Crippen LogP contribution in [-0.4, -0.2) is 27.3 Å². The van der Waals surface area contributed by atoms with E-state index in [2.05, 4.69) is 10.4 Å². The Hall–Kier alpha value is -3.21. The van der Waals surface area contributed by atoms with Crippen LogP contribution in [-0.2, 0) is 0 Å². The maximum atomic E-state index is 13.2. The van der Waals surface area contributed by atoms with Crippen LogP contribution in [0.4, 0.5) is 0 Å². The summed E-state index contributed by atoms with van der Waals surface area (Å²) >= 11 is 0. The molecule has 2 aromatic carbocycles. The minimum Gasteiger partial charge on any atom is -0.267 e. The first kappa shape index (κ1) is 17.6. The molecule has 0 saturated heterocycles. The number of fused-ring (bicyclic) bond motifs is 1. The first-order chi connectivity index (χ1) is 12.4. The van der Waals surface area contributed by atoms with Gasteiger partial charge in [0.1, 0.15) is 5.69 Å². The topological polar surface area (TPSA) is 62.3 Å². The highest BCUT2D eigenvalue weighted by Gasteiger charge is 2.31. The lowest BCUT2D eigenvalue weighted by Crippen LogP contribution is -2.56. The van der Waals surface area contributed by atoms with Crippen molar-refractivity contribution in [3.8, 4) is 0 Å². The van der Waals surface area contributed by atoms with E-state index in [4.69, 9.17) is 0 Å². The van der Waals surface area contributed by atoms with Crippen LogP contribution in [0.5, 0.6) is 0 Å². The molecular formula is C21H21N3O2. The van der Waals surface area contributed by atoms with E-state index >= 15 is 0 Å². The Bertz CT molecular complexity index is 941. The monoisotopic (exact) mass is 347 g/mol. The summed E-state index contributed by atoms with van der Waals surface area (Å²) in [5.74, 6) is -0.687. The van der Waals surface area contributed by atoms with Crippen LogP contribution in [0.15, 0.2) is 66.9 Å². The molecule has 0 aliphatic carbocycles. The Morgan fingerprint density at radius 2 is 1.58 bits per heavy atom. The van der Waals surface area contributed by atoms with Crippen molar-refractivity contribution in [2.75, 3.05) is 0 Å². The molecule has 1 heterocycles. The molecule has 0 aliphatic heterocycles. The predicted molar refractivity (Wildman–Crippen MR) is 102 cm³/mol. The number of carbonyl (C=O) groups excluding carboxylic acids is 2. The normalized spacial score (nSPS) is 11.2. The van der Waals surface area contributed by atoms with Crippen molar-refractivity contribution in [1.82, 2.24) is 15.4 Å². The van der Waals surface area contributed by atoms with Crippen molar-refractivity contribution >= 4 is 22.6 Å². The number of hydrazine groups is 1. The van der Waals surface area contributed by atoms with Crippen molar-refractivity contribution < 1.29 is 9.59 Å². The molecule has 0 unspecified atom stereocenters. The number of amides is 2. The summed E-state index contributed by atoms with van der Waals surface area (Å²) in [6, 6.07) is 18.2. The average Bonchev–Trinajstić information content (AvgIpc) is 2.64. The van der Waals surface area contributed by atoms with Gasteiger partial charge >= 0.3 is 0 Å². The molecule has 26 heavy (non-hydrogen) atoms. The molecule has 132 valence electrons. The number of carbonyl (C=O) groups is 2. The number of hydrogen-bond acceptors (Lipinski definition) is 3. The summed E-state index contributed by atoms with van der Waals surface area (Å²) in [7, 11) is 0. The third kappa shape index (κ3) is 3.57. The molecule has 3 rings (SSSR count). The maximum Gasteiger partial charge on any atom is 0.292 e. The highest BCUT2D eigenvalue weighted by atomic mass is 16.2. The zero-order chi connectivity index (χ0) is 18.7. The molecule has 5 heteroatoms. The fourth-order valence-corrected chi connectivity index (χ4v) is 2.67. The summed E-state index contributed by atoms with van der Waals surface area (Å²) in [4.78, 5) is 30.1. The fourth-order valence-electron chi connectivity index (χ4n) is 2.67.